The summed E-state index contributed by atoms with van der Waals surface area (Å²) < 4.78 is 0. The van der Waals surface area contributed by atoms with E-state index in [0.717, 1.165) is 25.3 Å². The molecular formula is C13H24N2O. The molecule has 0 aromatic heterocycles. The highest BCUT2D eigenvalue weighted by atomic mass is 16.2. The summed E-state index contributed by atoms with van der Waals surface area (Å²) >= 11 is 0. The summed E-state index contributed by atoms with van der Waals surface area (Å²) in [5.74, 6) is 2.07. The van der Waals surface area contributed by atoms with Crippen LogP contribution in [0.3, 0.4) is 0 Å². The minimum Gasteiger partial charge on any atom is -0.352 e. The summed E-state index contributed by atoms with van der Waals surface area (Å²) in [6, 6.07) is 0.445. The summed E-state index contributed by atoms with van der Waals surface area (Å²) in [5.41, 5.74) is 0. The number of rotatable bonds is 2. The molecule has 1 heterocycles. The SMILES string of the molecule is CC1CCNC1C(=O)NC1CCC(C)C1C. The molecule has 92 valence electrons. The van der Waals surface area contributed by atoms with E-state index < -0.39 is 0 Å². The van der Waals surface area contributed by atoms with Crippen LogP contribution in [0.5, 0.6) is 0 Å². The molecule has 1 saturated carbocycles. The summed E-state index contributed by atoms with van der Waals surface area (Å²) in [7, 11) is 0. The molecule has 3 heteroatoms. The average molecular weight is 224 g/mol. The van der Waals surface area contributed by atoms with Crippen LogP contribution in [-0.4, -0.2) is 24.5 Å². The number of nitrogens with one attached hydrogen (secondary N) is 2. The van der Waals surface area contributed by atoms with Gasteiger partial charge in [0.05, 0.1) is 6.04 Å². The third-order valence-electron chi connectivity index (χ3n) is 4.61. The largest absolute Gasteiger partial charge is 0.352 e. The van der Waals surface area contributed by atoms with Gasteiger partial charge in [0.25, 0.3) is 0 Å². The third-order valence-corrected chi connectivity index (χ3v) is 4.61. The normalized spacial score (nSPS) is 43.6. The Morgan fingerprint density at radius 3 is 2.38 bits per heavy atom. The van der Waals surface area contributed by atoms with Gasteiger partial charge in [-0.05, 0) is 43.6 Å². The number of hydrogen-bond acceptors (Lipinski definition) is 2. The van der Waals surface area contributed by atoms with Gasteiger partial charge < -0.3 is 10.6 Å². The van der Waals surface area contributed by atoms with Crippen molar-refractivity contribution in [3.63, 3.8) is 0 Å². The van der Waals surface area contributed by atoms with Gasteiger partial charge >= 0.3 is 0 Å². The highest BCUT2D eigenvalue weighted by Crippen LogP contribution is 2.31. The van der Waals surface area contributed by atoms with Crippen molar-refractivity contribution in [2.75, 3.05) is 6.54 Å². The minimum atomic E-state index is 0.0445. The van der Waals surface area contributed by atoms with Gasteiger partial charge in [-0.25, -0.2) is 0 Å². The van der Waals surface area contributed by atoms with Crippen molar-refractivity contribution in [1.29, 1.82) is 0 Å². The number of amides is 1. The van der Waals surface area contributed by atoms with E-state index in [4.69, 9.17) is 0 Å². The maximum atomic E-state index is 12.1. The van der Waals surface area contributed by atoms with Crippen LogP contribution in [0.4, 0.5) is 0 Å². The number of hydrogen-bond donors (Lipinski definition) is 2. The van der Waals surface area contributed by atoms with Crippen LogP contribution in [0.1, 0.15) is 40.0 Å². The molecule has 5 atom stereocenters. The lowest BCUT2D eigenvalue weighted by Gasteiger charge is -2.23. The van der Waals surface area contributed by atoms with E-state index in [1.54, 1.807) is 0 Å². The Morgan fingerprint density at radius 2 is 1.88 bits per heavy atom. The molecule has 2 rings (SSSR count). The zero-order chi connectivity index (χ0) is 11.7. The van der Waals surface area contributed by atoms with Crippen LogP contribution < -0.4 is 10.6 Å². The lowest BCUT2D eigenvalue weighted by atomic mass is 9.97. The van der Waals surface area contributed by atoms with E-state index in [1.807, 2.05) is 0 Å². The Hall–Kier alpha value is -0.570. The molecule has 2 N–H and O–H groups in total. The van der Waals surface area contributed by atoms with Gasteiger partial charge in [-0.2, -0.15) is 0 Å². The van der Waals surface area contributed by atoms with Gasteiger partial charge in [0.2, 0.25) is 5.91 Å². The van der Waals surface area contributed by atoms with Gasteiger partial charge in [-0.3, -0.25) is 4.79 Å². The Kier molecular flexibility index (Phi) is 3.53. The fourth-order valence-corrected chi connectivity index (χ4v) is 3.03. The topological polar surface area (TPSA) is 41.1 Å². The lowest BCUT2D eigenvalue weighted by molar-refractivity contribution is -0.124. The molecule has 1 aliphatic carbocycles. The molecule has 16 heavy (non-hydrogen) atoms. The Morgan fingerprint density at radius 1 is 1.12 bits per heavy atom. The number of carbonyl (C=O) groups is 1. The molecule has 1 amide bonds. The van der Waals surface area contributed by atoms with Gasteiger partial charge in [0.15, 0.2) is 0 Å². The van der Waals surface area contributed by atoms with Crippen molar-refractivity contribution in [2.24, 2.45) is 17.8 Å². The van der Waals surface area contributed by atoms with Crippen molar-refractivity contribution in [3.8, 4) is 0 Å². The van der Waals surface area contributed by atoms with E-state index >= 15 is 0 Å². The van der Waals surface area contributed by atoms with Gasteiger partial charge in [-0.1, -0.05) is 20.8 Å². The first-order chi connectivity index (χ1) is 7.59. The molecule has 2 fully saturated rings. The first-order valence-electron chi connectivity index (χ1n) is 6.63. The standard InChI is InChI=1S/C13H24N2O/c1-8-4-5-11(10(8)3)15-13(16)12-9(2)6-7-14-12/h8-12,14H,4-7H2,1-3H3,(H,15,16). The first kappa shape index (κ1) is 11.9. The maximum Gasteiger partial charge on any atom is 0.237 e. The fourth-order valence-electron chi connectivity index (χ4n) is 3.03. The summed E-state index contributed by atoms with van der Waals surface area (Å²) in [4.78, 5) is 12.1. The Bertz CT molecular complexity index is 267. The summed E-state index contributed by atoms with van der Waals surface area (Å²) in [5, 5.41) is 6.52. The van der Waals surface area contributed by atoms with Crippen LogP contribution in [-0.2, 0) is 4.79 Å². The first-order valence-corrected chi connectivity index (χ1v) is 6.63. The monoisotopic (exact) mass is 224 g/mol. The fraction of sp³-hybridized carbons (Fsp3) is 0.923. The van der Waals surface area contributed by atoms with Crippen molar-refractivity contribution in [3.05, 3.63) is 0 Å². The zero-order valence-electron chi connectivity index (χ0n) is 10.6. The molecule has 0 radical (unpaired) electrons. The van der Waals surface area contributed by atoms with Crippen LogP contribution in [0.15, 0.2) is 0 Å². The average Bonchev–Trinajstić information content (AvgIpc) is 2.79. The smallest absolute Gasteiger partial charge is 0.237 e. The highest BCUT2D eigenvalue weighted by Gasteiger charge is 2.35. The van der Waals surface area contributed by atoms with Gasteiger partial charge in [0.1, 0.15) is 0 Å². The lowest BCUT2D eigenvalue weighted by Crippen LogP contribution is -2.48. The van der Waals surface area contributed by atoms with Crippen molar-refractivity contribution >= 4 is 5.91 Å². The third kappa shape index (κ3) is 2.24. The van der Waals surface area contributed by atoms with Crippen LogP contribution in [0.2, 0.25) is 0 Å². The molecule has 0 aromatic rings. The van der Waals surface area contributed by atoms with Crippen molar-refractivity contribution < 1.29 is 4.79 Å². The Balaban J connectivity index is 1.87. The second-order valence-electron chi connectivity index (χ2n) is 5.73. The molecule has 1 saturated heterocycles. The van der Waals surface area contributed by atoms with Crippen LogP contribution >= 0.6 is 0 Å². The molecule has 0 aromatic carbocycles. The van der Waals surface area contributed by atoms with Crippen molar-refractivity contribution in [1.82, 2.24) is 10.6 Å². The van der Waals surface area contributed by atoms with E-state index in [0.29, 0.717) is 17.9 Å². The predicted molar refractivity (Wildman–Crippen MR) is 65.1 cm³/mol. The van der Waals surface area contributed by atoms with Crippen LogP contribution in [0, 0.1) is 17.8 Å². The highest BCUT2D eigenvalue weighted by molar-refractivity contribution is 5.82. The molecule has 2 aliphatic rings. The maximum absolute atomic E-state index is 12.1. The molecular weight excluding hydrogens is 200 g/mol. The molecule has 0 bridgehead atoms. The molecule has 5 unspecified atom stereocenters. The summed E-state index contributed by atoms with van der Waals surface area (Å²) in [6.07, 6.45) is 3.52. The second-order valence-corrected chi connectivity index (χ2v) is 5.73. The zero-order valence-corrected chi connectivity index (χ0v) is 10.6. The molecule has 3 nitrogen and oxygen atoms in total. The van der Waals surface area contributed by atoms with E-state index in [1.165, 1.54) is 6.42 Å². The molecule has 1 aliphatic heterocycles. The predicted octanol–water partition coefficient (Wildman–Crippen LogP) is 1.54. The Labute approximate surface area is 98.4 Å². The van der Waals surface area contributed by atoms with Crippen molar-refractivity contribution in [2.45, 2.75) is 52.1 Å². The van der Waals surface area contributed by atoms with E-state index in [-0.39, 0.29) is 11.9 Å². The molecule has 0 spiro atoms. The van der Waals surface area contributed by atoms with Gasteiger partial charge in [-0.15, -0.1) is 0 Å². The van der Waals surface area contributed by atoms with E-state index in [9.17, 15) is 4.79 Å². The minimum absolute atomic E-state index is 0.0445. The van der Waals surface area contributed by atoms with E-state index in [2.05, 4.69) is 31.4 Å². The summed E-state index contributed by atoms with van der Waals surface area (Å²) in [6.45, 7) is 7.68. The number of carbonyl (C=O) groups excluding carboxylic acids is 1. The second kappa shape index (κ2) is 4.74. The van der Waals surface area contributed by atoms with Gasteiger partial charge in [0, 0.05) is 6.04 Å². The van der Waals surface area contributed by atoms with Crippen LogP contribution in [0.25, 0.3) is 0 Å². The quantitative estimate of drug-likeness (QED) is 0.747.